The molecule has 0 fully saturated rings. The maximum atomic E-state index is 12.6. The number of anilines is 1. The summed E-state index contributed by atoms with van der Waals surface area (Å²) >= 11 is 5.03. The van der Waals surface area contributed by atoms with Crippen LogP contribution in [0.1, 0.15) is 30.9 Å². The first kappa shape index (κ1) is 15.0. The van der Waals surface area contributed by atoms with E-state index in [0.29, 0.717) is 17.5 Å². The summed E-state index contributed by atoms with van der Waals surface area (Å²) in [7, 11) is 0. The minimum atomic E-state index is -0.208. The normalized spacial score (nSPS) is 20.1. The van der Waals surface area contributed by atoms with Crippen molar-refractivity contribution in [2.24, 2.45) is 0 Å². The number of nitrogens with one attached hydrogen (secondary N) is 1. The zero-order chi connectivity index (χ0) is 16.0. The van der Waals surface area contributed by atoms with Gasteiger partial charge in [-0.1, -0.05) is 39.8 Å². The standard InChI is InChI=1S/C16H15BrN4OS/c1-23-16-19-15-18-11-6-3-7-12(22)13(11)14(21(15)20-16)9-4-2-5-10(17)8-9/h2,4-5,8,14H,3,6-7H2,1H3,(H,18,19,20)/t14-/m1/s1. The molecule has 0 unspecified atom stereocenters. The van der Waals surface area contributed by atoms with Crippen molar-refractivity contribution in [1.29, 1.82) is 0 Å². The van der Waals surface area contributed by atoms with E-state index in [2.05, 4.69) is 31.3 Å². The monoisotopic (exact) mass is 390 g/mol. The number of halogens is 1. The second-order valence-electron chi connectivity index (χ2n) is 5.62. The summed E-state index contributed by atoms with van der Waals surface area (Å²) in [4.78, 5) is 17.1. The second kappa shape index (κ2) is 5.79. The molecule has 1 aliphatic heterocycles. The molecule has 1 N–H and O–H groups in total. The summed E-state index contributed by atoms with van der Waals surface area (Å²) in [5.41, 5.74) is 2.88. The largest absolute Gasteiger partial charge is 0.328 e. The van der Waals surface area contributed by atoms with Crippen molar-refractivity contribution in [3.05, 3.63) is 45.6 Å². The number of carbonyl (C=O) groups is 1. The zero-order valence-electron chi connectivity index (χ0n) is 12.5. The Bertz CT molecular complexity index is 829. The number of carbonyl (C=O) groups excluding carboxylic acids is 1. The average molecular weight is 391 g/mol. The molecule has 2 aromatic rings. The topological polar surface area (TPSA) is 59.8 Å². The Labute approximate surface area is 146 Å². The molecule has 0 radical (unpaired) electrons. The van der Waals surface area contributed by atoms with Crippen LogP contribution in [0.3, 0.4) is 0 Å². The lowest BCUT2D eigenvalue weighted by atomic mass is 9.85. The molecular weight excluding hydrogens is 376 g/mol. The molecule has 1 aromatic heterocycles. The number of hydrogen-bond donors (Lipinski definition) is 1. The highest BCUT2D eigenvalue weighted by molar-refractivity contribution is 9.10. The van der Waals surface area contributed by atoms with Crippen LogP contribution < -0.4 is 5.32 Å². The van der Waals surface area contributed by atoms with Crippen LogP contribution in [0.4, 0.5) is 5.95 Å². The smallest absolute Gasteiger partial charge is 0.227 e. The van der Waals surface area contributed by atoms with E-state index < -0.39 is 0 Å². The van der Waals surface area contributed by atoms with Gasteiger partial charge in [0.25, 0.3) is 0 Å². The maximum Gasteiger partial charge on any atom is 0.227 e. The average Bonchev–Trinajstić information content (AvgIpc) is 2.96. The Hall–Kier alpha value is -1.60. The van der Waals surface area contributed by atoms with Crippen molar-refractivity contribution in [2.45, 2.75) is 30.5 Å². The number of ketones is 1. The van der Waals surface area contributed by atoms with Crippen LogP contribution in [0.2, 0.25) is 0 Å². The number of rotatable bonds is 2. The molecule has 0 spiro atoms. The molecule has 1 atom stereocenters. The minimum absolute atomic E-state index is 0.204. The first-order valence-electron chi connectivity index (χ1n) is 7.46. The van der Waals surface area contributed by atoms with E-state index >= 15 is 0 Å². The highest BCUT2D eigenvalue weighted by Crippen LogP contribution is 2.40. The first-order valence-corrected chi connectivity index (χ1v) is 9.48. The number of fused-ring (bicyclic) bond motifs is 1. The number of thioether (sulfide) groups is 1. The van der Waals surface area contributed by atoms with Gasteiger partial charge in [0, 0.05) is 22.2 Å². The predicted molar refractivity (Wildman–Crippen MR) is 93.6 cm³/mol. The summed E-state index contributed by atoms with van der Waals surface area (Å²) in [5, 5.41) is 8.62. The number of nitrogens with zero attached hydrogens (tertiary/aromatic N) is 3. The highest BCUT2D eigenvalue weighted by Gasteiger charge is 2.36. The summed E-state index contributed by atoms with van der Waals surface area (Å²) in [6.45, 7) is 0. The highest BCUT2D eigenvalue weighted by atomic mass is 79.9. The summed E-state index contributed by atoms with van der Waals surface area (Å²) < 4.78 is 2.83. The Kier molecular flexibility index (Phi) is 3.77. The zero-order valence-corrected chi connectivity index (χ0v) is 14.9. The minimum Gasteiger partial charge on any atom is -0.328 e. The lowest BCUT2D eigenvalue weighted by Gasteiger charge is -2.32. The van der Waals surface area contributed by atoms with E-state index in [1.54, 1.807) is 0 Å². The number of aromatic nitrogens is 3. The Morgan fingerprint density at radius 1 is 1.39 bits per heavy atom. The molecule has 0 saturated heterocycles. The first-order chi connectivity index (χ1) is 11.2. The van der Waals surface area contributed by atoms with Crippen molar-refractivity contribution >= 4 is 39.4 Å². The Morgan fingerprint density at radius 3 is 3.04 bits per heavy atom. The number of hydrogen-bond acceptors (Lipinski definition) is 5. The summed E-state index contributed by atoms with van der Waals surface area (Å²) in [5.74, 6) is 0.920. The van der Waals surface area contributed by atoms with Gasteiger partial charge in [-0.2, -0.15) is 4.98 Å². The van der Waals surface area contributed by atoms with Gasteiger partial charge >= 0.3 is 0 Å². The fourth-order valence-electron chi connectivity index (χ4n) is 3.21. The quantitative estimate of drug-likeness (QED) is 0.790. The number of benzene rings is 1. The fraction of sp³-hybridized carbons (Fsp3) is 0.312. The molecule has 0 amide bonds. The molecule has 2 heterocycles. The van der Waals surface area contributed by atoms with E-state index in [-0.39, 0.29) is 11.8 Å². The molecule has 118 valence electrons. The van der Waals surface area contributed by atoms with Crippen LogP contribution in [-0.4, -0.2) is 26.8 Å². The van der Waals surface area contributed by atoms with Gasteiger partial charge in [-0.25, -0.2) is 4.68 Å². The molecule has 1 aliphatic carbocycles. The van der Waals surface area contributed by atoms with E-state index in [1.807, 2.05) is 35.2 Å². The van der Waals surface area contributed by atoms with E-state index in [4.69, 9.17) is 0 Å². The van der Waals surface area contributed by atoms with Crippen molar-refractivity contribution in [2.75, 3.05) is 11.6 Å². The molecule has 2 aliphatic rings. The molecule has 7 heteroatoms. The van der Waals surface area contributed by atoms with Crippen LogP contribution in [0.15, 0.2) is 45.2 Å². The van der Waals surface area contributed by atoms with Gasteiger partial charge in [0.15, 0.2) is 5.78 Å². The van der Waals surface area contributed by atoms with Crippen LogP contribution in [0.5, 0.6) is 0 Å². The van der Waals surface area contributed by atoms with Gasteiger partial charge in [0.2, 0.25) is 11.1 Å². The fourth-order valence-corrected chi connectivity index (χ4v) is 3.97. The Morgan fingerprint density at radius 2 is 2.26 bits per heavy atom. The molecule has 0 saturated carbocycles. The van der Waals surface area contributed by atoms with E-state index in [1.165, 1.54) is 11.8 Å². The third-order valence-corrected chi connectivity index (χ3v) is 5.23. The molecule has 1 aromatic carbocycles. The third-order valence-electron chi connectivity index (χ3n) is 4.20. The van der Waals surface area contributed by atoms with Crippen molar-refractivity contribution in [3.63, 3.8) is 0 Å². The maximum absolute atomic E-state index is 12.6. The lowest BCUT2D eigenvalue weighted by molar-refractivity contribution is -0.116. The van der Waals surface area contributed by atoms with Crippen molar-refractivity contribution in [1.82, 2.24) is 14.8 Å². The van der Waals surface area contributed by atoms with Gasteiger partial charge in [-0.3, -0.25) is 4.79 Å². The SMILES string of the molecule is CSc1nc2n(n1)[C@H](c1cccc(Br)c1)C1=C(CCCC1=O)N2. The van der Waals surface area contributed by atoms with E-state index in [9.17, 15) is 4.79 Å². The molecule has 4 rings (SSSR count). The summed E-state index contributed by atoms with van der Waals surface area (Å²) in [6.07, 6.45) is 4.32. The van der Waals surface area contributed by atoms with Crippen molar-refractivity contribution < 1.29 is 4.79 Å². The van der Waals surface area contributed by atoms with Gasteiger partial charge in [0.05, 0.1) is 0 Å². The number of allylic oxidation sites excluding steroid dienone is 2. The molecule has 5 nitrogen and oxygen atoms in total. The predicted octanol–water partition coefficient (Wildman–Crippen LogP) is 3.78. The Balaban J connectivity index is 1.92. The second-order valence-corrected chi connectivity index (χ2v) is 7.31. The van der Waals surface area contributed by atoms with Crippen LogP contribution in [0.25, 0.3) is 0 Å². The van der Waals surface area contributed by atoms with Gasteiger partial charge < -0.3 is 5.32 Å². The molecule has 23 heavy (non-hydrogen) atoms. The van der Waals surface area contributed by atoms with Gasteiger partial charge in [-0.15, -0.1) is 5.10 Å². The van der Waals surface area contributed by atoms with E-state index in [0.717, 1.165) is 34.1 Å². The van der Waals surface area contributed by atoms with Crippen LogP contribution >= 0.6 is 27.7 Å². The molecule has 0 bridgehead atoms. The van der Waals surface area contributed by atoms with Crippen LogP contribution in [-0.2, 0) is 4.79 Å². The van der Waals surface area contributed by atoms with Gasteiger partial charge in [-0.05, 0) is 36.8 Å². The van der Waals surface area contributed by atoms with Crippen molar-refractivity contribution in [3.8, 4) is 0 Å². The van der Waals surface area contributed by atoms with Crippen LogP contribution in [0, 0.1) is 0 Å². The lowest BCUT2D eigenvalue weighted by Crippen LogP contribution is -2.31. The molecular formula is C16H15BrN4OS. The number of Topliss-reactive ketones (excluding diaryl/α,β-unsaturated/α-hetero) is 1. The van der Waals surface area contributed by atoms with Gasteiger partial charge in [0.1, 0.15) is 6.04 Å². The summed E-state index contributed by atoms with van der Waals surface area (Å²) in [6, 6.07) is 7.85. The third kappa shape index (κ3) is 2.52.